The molecule has 9 heterocycles. The van der Waals surface area contributed by atoms with Gasteiger partial charge in [-0.2, -0.15) is 0 Å². The number of aliphatic hydroxyl groups excluding tert-OH is 3. The lowest BCUT2D eigenvalue weighted by Gasteiger charge is -2.36. The first-order chi connectivity index (χ1) is 53.6. The lowest BCUT2D eigenvalue weighted by atomic mass is 10.1. The van der Waals surface area contributed by atoms with Crippen LogP contribution in [0.3, 0.4) is 0 Å². The van der Waals surface area contributed by atoms with Gasteiger partial charge in [0.1, 0.15) is 23.3 Å². The molecule has 0 radical (unpaired) electrons. The minimum Gasteiger partial charge on any atom is -0.392 e. The van der Waals surface area contributed by atoms with E-state index in [-0.39, 0.29) is 35.8 Å². The molecule has 111 heavy (non-hydrogen) atoms. The van der Waals surface area contributed by atoms with Gasteiger partial charge in [-0.3, -0.25) is 39.1 Å². The maximum Gasteiger partial charge on any atom is 0.257 e. The Hall–Kier alpha value is -11.8. The maximum absolute atomic E-state index is 12.7. The SMILES string of the molecule is CC1CN(c2ccc(C(=O)Nc3ccc(Cl)c(-c4ccccn4)c3)cn2)CC(C)O1.C[C@@H](O)CNc1ccc(C(=O)Nc2ccc(Cl)c(-c3ccccn3)c2)cn1.C[C@H](O)CNc1ccc(C(=O)Nc2ccc(Cl)c(-c3ccccn3)c2)cn1.C[C@H](O)CNc1ccc(C(=O)Nc2ccc(Cl)c(-c3ccccn3)c2)cn1. The van der Waals surface area contributed by atoms with Gasteiger partial charge in [0.25, 0.3) is 23.6 Å². The van der Waals surface area contributed by atoms with Crippen LogP contribution in [0.15, 0.2) is 244 Å². The van der Waals surface area contributed by atoms with E-state index in [1.165, 1.54) is 18.6 Å². The Labute approximate surface area is 662 Å². The number of morpholine rings is 1. The molecule has 10 N–H and O–H groups in total. The average Bonchev–Trinajstić information content (AvgIpc) is 0.839. The highest BCUT2D eigenvalue weighted by Gasteiger charge is 2.24. The highest BCUT2D eigenvalue weighted by molar-refractivity contribution is 6.34. The molecule has 24 nitrogen and oxygen atoms in total. The highest BCUT2D eigenvalue weighted by atomic mass is 35.5. The van der Waals surface area contributed by atoms with Gasteiger partial charge in [-0.1, -0.05) is 70.7 Å². The second kappa shape index (κ2) is 40.6. The van der Waals surface area contributed by atoms with Crippen molar-refractivity contribution >= 4 is 116 Å². The number of aromatic nitrogens is 8. The summed E-state index contributed by atoms with van der Waals surface area (Å²) < 4.78 is 5.77. The fourth-order valence-corrected chi connectivity index (χ4v) is 11.7. The second-order valence-corrected chi connectivity index (χ2v) is 27.1. The number of carbonyl (C=O) groups excluding carboxylic acids is 4. The van der Waals surface area contributed by atoms with Crippen LogP contribution >= 0.6 is 46.4 Å². The summed E-state index contributed by atoms with van der Waals surface area (Å²) in [5, 5.41) is 50.4. The fraction of sp³-hybridized carbons (Fsp3) is 0.181. The largest absolute Gasteiger partial charge is 0.392 e. The summed E-state index contributed by atoms with van der Waals surface area (Å²) in [5.74, 6) is 1.56. The molecule has 1 aliphatic heterocycles. The Morgan fingerprint density at radius 3 is 0.874 bits per heavy atom. The van der Waals surface area contributed by atoms with Crippen LogP contribution in [0.4, 0.5) is 46.0 Å². The van der Waals surface area contributed by atoms with E-state index in [9.17, 15) is 34.5 Å². The van der Waals surface area contributed by atoms with Gasteiger partial charge in [-0.25, -0.2) is 19.9 Å². The molecule has 0 saturated carbocycles. The molecule has 4 amide bonds. The van der Waals surface area contributed by atoms with Gasteiger partial charge in [0.05, 0.1) is 95.6 Å². The quantitative estimate of drug-likeness (QED) is 0.0301. The molecular formula is C83H80Cl4N16O8. The van der Waals surface area contributed by atoms with Crippen molar-refractivity contribution in [3.05, 3.63) is 286 Å². The van der Waals surface area contributed by atoms with E-state index in [1.807, 2.05) is 84.9 Å². The van der Waals surface area contributed by atoms with Gasteiger partial charge < -0.3 is 62.2 Å². The van der Waals surface area contributed by atoms with Crippen LogP contribution in [0.1, 0.15) is 76.1 Å². The first-order valence-corrected chi connectivity index (χ1v) is 36.7. The van der Waals surface area contributed by atoms with Crippen molar-refractivity contribution in [2.75, 3.05) is 74.8 Å². The second-order valence-electron chi connectivity index (χ2n) is 25.5. The number of nitrogens with one attached hydrogen (secondary N) is 7. The normalized spacial score (nSPS) is 13.6. The number of pyridine rings is 8. The molecule has 2 unspecified atom stereocenters. The minimum atomic E-state index is -0.479. The standard InChI is InChI=1S/C23H23ClN4O2.3C20H19ClN4O2/c1-15-13-28(14-16(2)30-15)22-9-6-17(12-26-22)23(29)27-18-7-8-20(24)19(11-18)21-5-3-4-10-25-21;3*1-13(26)11-23-19-8-5-14(12-24-19)20(27)25-15-6-7-17(21)16(10-15)18-4-2-3-9-22-18/h3-12,15-16H,13-14H2,1-2H3,(H,27,29);3*2-10,12-13,26H,11H2,1H3,(H,23,24)(H,25,27)/t;3*13-/m.100/s1. The first kappa shape index (κ1) is 81.7. The van der Waals surface area contributed by atoms with E-state index < -0.39 is 18.3 Å². The Balaban J connectivity index is 0.000000157. The number of anilines is 8. The number of halogens is 4. The molecule has 1 saturated heterocycles. The molecule has 4 aromatic carbocycles. The number of carbonyl (C=O) groups is 4. The summed E-state index contributed by atoms with van der Waals surface area (Å²) in [7, 11) is 0. The third-order valence-electron chi connectivity index (χ3n) is 16.2. The first-order valence-electron chi connectivity index (χ1n) is 35.2. The van der Waals surface area contributed by atoms with E-state index in [0.29, 0.717) is 102 Å². The number of benzene rings is 4. The van der Waals surface area contributed by atoms with Gasteiger partial charge >= 0.3 is 0 Å². The molecule has 28 heteroatoms. The van der Waals surface area contributed by atoms with Crippen molar-refractivity contribution in [3.8, 4) is 45.0 Å². The fourth-order valence-electron chi connectivity index (χ4n) is 10.8. The van der Waals surface area contributed by atoms with E-state index in [2.05, 4.69) is 95.8 Å². The monoisotopic (exact) mass is 1570 g/mol. The number of ether oxygens (including phenoxy) is 1. The summed E-state index contributed by atoms with van der Waals surface area (Å²) in [6.45, 7) is 11.9. The van der Waals surface area contributed by atoms with E-state index in [0.717, 1.165) is 63.9 Å². The van der Waals surface area contributed by atoms with Crippen LogP contribution in [0.5, 0.6) is 0 Å². The molecular weight excluding hydrogens is 1490 g/mol. The lowest BCUT2D eigenvalue weighted by molar-refractivity contribution is -0.00547. The summed E-state index contributed by atoms with van der Waals surface area (Å²) >= 11 is 25.1. The summed E-state index contributed by atoms with van der Waals surface area (Å²) in [6.07, 6.45) is 11.7. The molecule has 13 rings (SSSR count). The summed E-state index contributed by atoms with van der Waals surface area (Å²) in [5.41, 5.74) is 10.2. The maximum atomic E-state index is 12.7. The van der Waals surface area contributed by atoms with Crippen molar-refractivity contribution < 1.29 is 39.2 Å². The summed E-state index contributed by atoms with van der Waals surface area (Å²) in [4.78, 5) is 86.5. The van der Waals surface area contributed by atoms with Crippen molar-refractivity contribution in [2.45, 2.75) is 65.1 Å². The van der Waals surface area contributed by atoms with Gasteiger partial charge in [-0.05, 0) is 204 Å². The van der Waals surface area contributed by atoms with E-state index >= 15 is 0 Å². The van der Waals surface area contributed by atoms with Gasteiger partial charge in [0.2, 0.25) is 0 Å². The molecule has 8 aromatic heterocycles. The number of nitrogens with zero attached hydrogens (tertiary/aromatic N) is 9. The van der Waals surface area contributed by atoms with Crippen molar-refractivity contribution in [2.24, 2.45) is 0 Å². The lowest BCUT2D eigenvalue weighted by Crippen LogP contribution is -2.45. The zero-order valence-electron chi connectivity index (χ0n) is 60.9. The van der Waals surface area contributed by atoms with Crippen LogP contribution in [0.25, 0.3) is 45.0 Å². The predicted molar refractivity (Wildman–Crippen MR) is 440 cm³/mol. The topological polar surface area (TPSA) is 329 Å². The number of hydrogen-bond donors (Lipinski definition) is 10. The zero-order chi connectivity index (χ0) is 78.8. The predicted octanol–water partition coefficient (Wildman–Crippen LogP) is 16.2. The molecule has 1 fully saturated rings. The van der Waals surface area contributed by atoms with Gasteiger partial charge in [0, 0.05) is 127 Å². The van der Waals surface area contributed by atoms with Gasteiger partial charge in [0.15, 0.2) is 0 Å². The molecule has 568 valence electrons. The minimum absolute atomic E-state index is 0.150. The Morgan fingerprint density at radius 1 is 0.378 bits per heavy atom. The Morgan fingerprint density at radius 2 is 0.649 bits per heavy atom. The average molecular weight is 1570 g/mol. The number of rotatable bonds is 22. The third kappa shape index (κ3) is 24.8. The molecule has 0 spiro atoms. The van der Waals surface area contributed by atoms with E-state index in [1.54, 1.807) is 161 Å². The smallest absolute Gasteiger partial charge is 0.257 e. The summed E-state index contributed by atoms with van der Waals surface area (Å²) in [6, 6.07) is 57.1. The van der Waals surface area contributed by atoms with Crippen LogP contribution in [0.2, 0.25) is 20.1 Å². The van der Waals surface area contributed by atoms with Crippen LogP contribution < -0.4 is 42.1 Å². The Bertz CT molecular complexity index is 4660. The molecule has 12 aromatic rings. The zero-order valence-corrected chi connectivity index (χ0v) is 64.0. The number of amides is 4. The van der Waals surface area contributed by atoms with Crippen LogP contribution in [-0.4, -0.2) is 142 Å². The highest BCUT2D eigenvalue weighted by Crippen LogP contribution is 2.34. The van der Waals surface area contributed by atoms with Crippen LogP contribution in [-0.2, 0) is 4.74 Å². The van der Waals surface area contributed by atoms with Crippen molar-refractivity contribution in [1.82, 2.24) is 39.9 Å². The van der Waals surface area contributed by atoms with E-state index in [4.69, 9.17) is 51.1 Å². The molecule has 1 aliphatic rings. The van der Waals surface area contributed by atoms with Crippen molar-refractivity contribution in [3.63, 3.8) is 0 Å². The van der Waals surface area contributed by atoms with Crippen molar-refractivity contribution in [1.29, 1.82) is 0 Å². The molecule has 0 aliphatic carbocycles. The molecule has 0 bridgehead atoms. The Kier molecular flexibility index (Phi) is 29.8. The van der Waals surface area contributed by atoms with Gasteiger partial charge in [-0.15, -0.1) is 0 Å². The van der Waals surface area contributed by atoms with Crippen LogP contribution in [0, 0.1) is 0 Å². The number of hydrogen-bond acceptors (Lipinski definition) is 20. The molecule has 5 atom stereocenters. The number of aliphatic hydroxyl groups is 3. The third-order valence-corrected chi connectivity index (χ3v) is 17.5.